The van der Waals surface area contributed by atoms with E-state index in [1.807, 2.05) is 12.1 Å². The van der Waals surface area contributed by atoms with Gasteiger partial charge in [0.05, 0.1) is 11.8 Å². The number of rotatable bonds is 6. The molecule has 2 atom stereocenters. The van der Waals surface area contributed by atoms with E-state index < -0.39 is 0 Å². The van der Waals surface area contributed by atoms with Crippen LogP contribution in [0.25, 0.3) is 0 Å². The standard InChI is InChI=1S/C21H32FN5O2/c1-26(2)20(28)14-24-21(23-13-17-8-6-12-29-17)25-16-7-5-11-27(15-16)19-10-4-3-9-18(19)22/h3-4,9-10,16-17H,5-8,11-15H2,1-2H3,(H2,23,24,25). The minimum absolute atomic E-state index is 0.0557. The third kappa shape index (κ3) is 6.32. The molecule has 2 heterocycles. The second kappa shape index (κ2) is 10.4. The van der Waals surface area contributed by atoms with Gasteiger partial charge < -0.3 is 25.2 Å². The number of carbonyl (C=O) groups is 1. The summed E-state index contributed by atoms with van der Waals surface area (Å²) in [5.41, 5.74) is 0.632. The van der Waals surface area contributed by atoms with Gasteiger partial charge in [0.2, 0.25) is 5.91 Å². The van der Waals surface area contributed by atoms with E-state index in [1.54, 1.807) is 20.2 Å². The fourth-order valence-electron chi connectivity index (χ4n) is 3.67. The van der Waals surface area contributed by atoms with Gasteiger partial charge in [0.1, 0.15) is 12.4 Å². The highest BCUT2D eigenvalue weighted by Crippen LogP contribution is 2.22. The first-order chi connectivity index (χ1) is 14.0. The molecule has 8 heteroatoms. The van der Waals surface area contributed by atoms with Crippen LogP contribution in [-0.2, 0) is 9.53 Å². The molecule has 2 saturated heterocycles. The summed E-state index contributed by atoms with van der Waals surface area (Å²) in [6.07, 6.45) is 4.20. The Morgan fingerprint density at radius 2 is 2.14 bits per heavy atom. The van der Waals surface area contributed by atoms with Gasteiger partial charge in [-0.2, -0.15) is 0 Å². The lowest BCUT2D eigenvalue weighted by atomic mass is 10.0. The Bertz CT molecular complexity index is 706. The molecular weight excluding hydrogens is 373 g/mol. The lowest BCUT2D eigenvalue weighted by Crippen LogP contribution is -2.52. The van der Waals surface area contributed by atoms with Crippen molar-refractivity contribution in [3.63, 3.8) is 0 Å². The molecule has 0 saturated carbocycles. The number of carbonyl (C=O) groups excluding carboxylic acids is 1. The van der Waals surface area contributed by atoms with E-state index in [0.29, 0.717) is 24.7 Å². The second-order valence-electron chi connectivity index (χ2n) is 7.85. The quantitative estimate of drug-likeness (QED) is 0.556. The Balaban J connectivity index is 1.62. The van der Waals surface area contributed by atoms with Crippen LogP contribution in [0.2, 0.25) is 0 Å². The fraction of sp³-hybridized carbons (Fsp3) is 0.619. The van der Waals surface area contributed by atoms with Gasteiger partial charge in [-0.15, -0.1) is 0 Å². The number of nitrogens with zero attached hydrogens (tertiary/aromatic N) is 3. The zero-order valence-electron chi connectivity index (χ0n) is 17.4. The van der Waals surface area contributed by atoms with Gasteiger partial charge in [-0.1, -0.05) is 12.1 Å². The number of aliphatic imine (C=N–C) groups is 1. The average molecular weight is 406 g/mol. The summed E-state index contributed by atoms with van der Waals surface area (Å²) in [6, 6.07) is 7.00. The van der Waals surface area contributed by atoms with Crippen molar-refractivity contribution in [2.75, 3.05) is 51.8 Å². The first kappa shape index (κ1) is 21.4. The molecule has 0 bridgehead atoms. The molecule has 2 aliphatic heterocycles. The first-order valence-electron chi connectivity index (χ1n) is 10.4. The summed E-state index contributed by atoms with van der Waals surface area (Å²) in [5, 5.41) is 6.76. The number of piperidine rings is 1. The number of likely N-dealkylation sites (N-methyl/N-ethyl adjacent to an activating group) is 1. The van der Waals surface area contributed by atoms with Gasteiger partial charge in [0.25, 0.3) is 0 Å². The molecule has 29 heavy (non-hydrogen) atoms. The van der Waals surface area contributed by atoms with Gasteiger partial charge in [-0.25, -0.2) is 9.38 Å². The maximum atomic E-state index is 14.2. The molecule has 2 N–H and O–H groups in total. The van der Waals surface area contributed by atoms with Crippen LogP contribution in [0.4, 0.5) is 10.1 Å². The molecule has 2 unspecified atom stereocenters. The zero-order valence-corrected chi connectivity index (χ0v) is 17.4. The molecule has 3 rings (SSSR count). The number of guanidine groups is 1. The Kier molecular flexibility index (Phi) is 7.69. The molecule has 0 aliphatic carbocycles. The van der Waals surface area contributed by atoms with Gasteiger partial charge in [-0.05, 0) is 37.8 Å². The Hall–Kier alpha value is -2.35. The van der Waals surface area contributed by atoms with Crippen molar-refractivity contribution in [2.24, 2.45) is 4.99 Å². The van der Waals surface area contributed by atoms with Crippen molar-refractivity contribution in [3.8, 4) is 0 Å². The molecule has 160 valence electrons. The summed E-state index contributed by atoms with van der Waals surface area (Å²) >= 11 is 0. The Morgan fingerprint density at radius 1 is 1.31 bits per heavy atom. The summed E-state index contributed by atoms with van der Waals surface area (Å²) in [5.74, 6) is 0.353. The number of hydrogen-bond acceptors (Lipinski definition) is 4. The second-order valence-corrected chi connectivity index (χ2v) is 7.85. The topological polar surface area (TPSA) is 69.2 Å². The van der Waals surface area contributed by atoms with Crippen LogP contribution in [0.3, 0.4) is 0 Å². The maximum Gasteiger partial charge on any atom is 0.243 e. The van der Waals surface area contributed by atoms with E-state index in [0.717, 1.165) is 38.8 Å². The number of ether oxygens (including phenoxy) is 1. The Morgan fingerprint density at radius 3 is 2.86 bits per heavy atom. The van der Waals surface area contributed by atoms with Crippen LogP contribution in [0.15, 0.2) is 29.3 Å². The maximum absolute atomic E-state index is 14.2. The SMILES string of the molecule is CN(C)C(=O)CN=C(NCC1CCCO1)NC1CCCN(c2ccccc2F)C1. The molecule has 0 spiro atoms. The largest absolute Gasteiger partial charge is 0.376 e. The summed E-state index contributed by atoms with van der Waals surface area (Å²) in [7, 11) is 3.44. The lowest BCUT2D eigenvalue weighted by molar-refractivity contribution is -0.127. The van der Waals surface area contributed by atoms with Crippen molar-refractivity contribution in [1.29, 1.82) is 0 Å². The summed E-state index contributed by atoms with van der Waals surface area (Å²) < 4.78 is 19.9. The van der Waals surface area contributed by atoms with E-state index >= 15 is 0 Å². The smallest absolute Gasteiger partial charge is 0.243 e. The number of halogens is 1. The number of nitrogens with one attached hydrogen (secondary N) is 2. The van der Waals surface area contributed by atoms with Gasteiger partial charge >= 0.3 is 0 Å². The van der Waals surface area contributed by atoms with Crippen LogP contribution in [0.1, 0.15) is 25.7 Å². The van der Waals surface area contributed by atoms with Crippen molar-refractivity contribution in [2.45, 2.75) is 37.8 Å². The minimum Gasteiger partial charge on any atom is -0.376 e. The molecule has 2 aliphatic rings. The van der Waals surface area contributed by atoms with Crippen LogP contribution in [-0.4, -0.2) is 75.8 Å². The van der Waals surface area contributed by atoms with E-state index in [4.69, 9.17) is 4.74 Å². The minimum atomic E-state index is -0.199. The third-order valence-electron chi connectivity index (χ3n) is 5.35. The van der Waals surface area contributed by atoms with Crippen molar-refractivity contribution >= 4 is 17.6 Å². The van der Waals surface area contributed by atoms with Crippen LogP contribution in [0, 0.1) is 5.82 Å². The van der Waals surface area contributed by atoms with Gasteiger partial charge in [0.15, 0.2) is 5.96 Å². The Labute approximate surface area is 172 Å². The fourth-order valence-corrected chi connectivity index (χ4v) is 3.67. The van der Waals surface area contributed by atoms with Crippen LogP contribution >= 0.6 is 0 Å². The highest BCUT2D eigenvalue weighted by Gasteiger charge is 2.23. The monoisotopic (exact) mass is 405 g/mol. The highest BCUT2D eigenvalue weighted by molar-refractivity contribution is 5.85. The average Bonchev–Trinajstić information content (AvgIpc) is 3.24. The van der Waals surface area contributed by atoms with Gasteiger partial charge in [-0.3, -0.25) is 4.79 Å². The summed E-state index contributed by atoms with van der Waals surface area (Å²) in [4.78, 5) is 20.0. The highest BCUT2D eigenvalue weighted by atomic mass is 19.1. The van der Waals surface area contributed by atoms with E-state index in [2.05, 4.69) is 20.5 Å². The molecule has 0 aromatic heterocycles. The number of benzene rings is 1. The molecule has 1 aromatic rings. The predicted octanol–water partition coefficient (Wildman–Crippen LogP) is 1.60. The molecule has 2 fully saturated rings. The van der Waals surface area contributed by atoms with Crippen molar-refractivity contribution in [1.82, 2.24) is 15.5 Å². The van der Waals surface area contributed by atoms with E-state index in [1.165, 1.54) is 11.0 Å². The number of amides is 1. The lowest BCUT2D eigenvalue weighted by Gasteiger charge is -2.35. The number of hydrogen-bond donors (Lipinski definition) is 2. The number of para-hydroxylation sites is 1. The van der Waals surface area contributed by atoms with Crippen molar-refractivity contribution < 1.29 is 13.9 Å². The van der Waals surface area contributed by atoms with E-state index in [-0.39, 0.29) is 30.4 Å². The third-order valence-corrected chi connectivity index (χ3v) is 5.35. The molecule has 1 amide bonds. The summed E-state index contributed by atoms with van der Waals surface area (Å²) in [6.45, 7) is 3.05. The zero-order chi connectivity index (χ0) is 20.6. The van der Waals surface area contributed by atoms with Crippen LogP contribution in [0.5, 0.6) is 0 Å². The number of anilines is 1. The molecule has 0 radical (unpaired) electrons. The van der Waals surface area contributed by atoms with E-state index in [9.17, 15) is 9.18 Å². The molecule has 1 aromatic carbocycles. The van der Waals surface area contributed by atoms with Gasteiger partial charge in [0, 0.05) is 46.4 Å². The molecule has 7 nitrogen and oxygen atoms in total. The molecular formula is C21H32FN5O2. The van der Waals surface area contributed by atoms with Crippen molar-refractivity contribution in [3.05, 3.63) is 30.1 Å². The van der Waals surface area contributed by atoms with Crippen LogP contribution < -0.4 is 15.5 Å². The first-order valence-corrected chi connectivity index (χ1v) is 10.4. The predicted molar refractivity (Wildman–Crippen MR) is 113 cm³/mol. The normalized spacial score (nSPS) is 22.4.